The summed E-state index contributed by atoms with van der Waals surface area (Å²) < 4.78 is 11.5. The number of nitrogens with zero attached hydrogens (tertiary/aromatic N) is 2. The van der Waals surface area contributed by atoms with E-state index in [0.717, 1.165) is 5.01 Å². The lowest BCUT2D eigenvalue weighted by molar-refractivity contribution is 0.0660. The predicted octanol–water partition coefficient (Wildman–Crippen LogP) is 3.49. The standard InChI is InChI=1S/C18H15BrN2O4/c1-3-25-15-9-11(8-14(19)16(15)24-2)10-20-21-17(22)12-6-4-5-7-13(12)18(21)23/h4-10H,3H2,1-2H3/b20-10-. The van der Waals surface area contributed by atoms with Gasteiger partial charge in [0.05, 0.1) is 35.5 Å². The van der Waals surface area contributed by atoms with Gasteiger partial charge in [0, 0.05) is 0 Å². The first-order chi connectivity index (χ1) is 12.1. The van der Waals surface area contributed by atoms with Crippen molar-refractivity contribution < 1.29 is 19.1 Å². The third-order valence-electron chi connectivity index (χ3n) is 3.63. The quantitative estimate of drug-likeness (QED) is 0.566. The van der Waals surface area contributed by atoms with Crippen LogP contribution in [0.1, 0.15) is 33.2 Å². The van der Waals surface area contributed by atoms with E-state index in [0.29, 0.717) is 39.3 Å². The van der Waals surface area contributed by atoms with Crippen LogP contribution < -0.4 is 9.47 Å². The van der Waals surface area contributed by atoms with Crippen molar-refractivity contribution in [2.45, 2.75) is 6.92 Å². The van der Waals surface area contributed by atoms with E-state index in [1.54, 1.807) is 43.5 Å². The van der Waals surface area contributed by atoms with Gasteiger partial charge in [-0.2, -0.15) is 10.1 Å². The molecule has 3 rings (SSSR count). The second kappa shape index (κ2) is 7.06. The molecule has 6 nitrogen and oxygen atoms in total. The zero-order chi connectivity index (χ0) is 18.0. The van der Waals surface area contributed by atoms with Crippen LogP contribution in [0.4, 0.5) is 0 Å². The fraction of sp³-hybridized carbons (Fsp3) is 0.167. The van der Waals surface area contributed by atoms with Crippen molar-refractivity contribution >= 4 is 34.0 Å². The van der Waals surface area contributed by atoms with Gasteiger partial charge in [-0.3, -0.25) is 9.59 Å². The third kappa shape index (κ3) is 3.15. The Labute approximate surface area is 153 Å². The number of benzene rings is 2. The molecule has 0 bridgehead atoms. The molecule has 1 aliphatic heterocycles. The van der Waals surface area contributed by atoms with Crippen LogP contribution in [0.25, 0.3) is 0 Å². The maximum absolute atomic E-state index is 12.3. The van der Waals surface area contributed by atoms with E-state index in [-0.39, 0.29) is 0 Å². The number of rotatable bonds is 5. The summed E-state index contributed by atoms with van der Waals surface area (Å²) in [4.78, 5) is 24.6. The molecular formula is C18H15BrN2O4. The van der Waals surface area contributed by atoms with E-state index in [4.69, 9.17) is 9.47 Å². The Balaban J connectivity index is 1.91. The van der Waals surface area contributed by atoms with Crippen LogP contribution in [0.15, 0.2) is 46.0 Å². The van der Waals surface area contributed by atoms with Gasteiger partial charge in [-0.15, -0.1) is 0 Å². The van der Waals surface area contributed by atoms with Gasteiger partial charge in [-0.05, 0) is 52.7 Å². The molecule has 1 heterocycles. The highest BCUT2D eigenvalue weighted by molar-refractivity contribution is 9.10. The zero-order valence-electron chi connectivity index (χ0n) is 13.7. The van der Waals surface area contributed by atoms with E-state index >= 15 is 0 Å². The van der Waals surface area contributed by atoms with E-state index in [2.05, 4.69) is 21.0 Å². The Kier molecular flexibility index (Phi) is 4.85. The average molecular weight is 403 g/mol. The van der Waals surface area contributed by atoms with Crippen LogP contribution in [0.2, 0.25) is 0 Å². The second-order valence-electron chi connectivity index (χ2n) is 5.18. The topological polar surface area (TPSA) is 68.2 Å². The van der Waals surface area contributed by atoms with Crippen molar-refractivity contribution in [3.63, 3.8) is 0 Å². The van der Waals surface area contributed by atoms with Gasteiger partial charge in [0.15, 0.2) is 11.5 Å². The number of ether oxygens (including phenoxy) is 2. The van der Waals surface area contributed by atoms with E-state index < -0.39 is 11.8 Å². The van der Waals surface area contributed by atoms with Crippen molar-refractivity contribution in [2.24, 2.45) is 5.10 Å². The summed E-state index contributed by atoms with van der Waals surface area (Å²) in [6.45, 7) is 2.34. The number of fused-ring (bicyclic) bond motifs is 1. The number of carbonyl (C=O) groups excluding carboxylic acids is 2. The number of methoxy groups -OCH3 is 1. The number of hydrogen-bond donors (Lipinski definition) is 0. The molecule has 0 spiro atoms. The molecule has 25 heavy (non-hydrogen) atoms. The fourth-order valence-electron chi connectivity index (χ4n) is 2.53. The predicted molar refractivity (Wildman–Crippen MR) is 96.4 cm³/mol. The van der Waals surface area contributed by atoms with Crippen molar-refractivity contribution in [1.29, 1.82) is 0 Å². The molecule has 2 amide bonds. The molecule has 0 N–H and O–H groups in total. The first-order valence-corrected chi connectivity index (χ1v) is 8.38. The summed E-state index contributed by atoms with van der Waals surface area (Å²) in [5.41, 5.74) is 1.37. The highest BCUT2D eigenvalue weighted by Gasteiger charge is 2.35. The summed E-state index contributed by atoms with van der Waals surface area (Å²) >= 11 is 3.41. The molecule has 0 aliphatic carbocycles. The number of carbonyl (C=O) groups is 2. The van der Waals surface area contributed by atoms with Gasteiger partial charge in [0.1, 0.15) is 0 Å². The van der Waals surface area contributed by atoms with Crippen molar-refractivity contribution in [3.05, 3.63) is 57.6 Å². The number of hydrazone groups is 1. The lowest BCUT2D eigenvalue weighted by Crippen LogP contribution is -2.24. The molecular weight excluding hydrogens is 388 g/mol. The van der Waals surface area contributed by atoms with Crippen molar-refractivity contribution in [2.75, 3.05) is 13.7 Å². The number of imide groups is 1. The molecule has 7 heteroatoms. The smallest absolute Gasteiger partial charge is 0.282 e. The Bertz CT molecular complexity index is 844. The van der Waals surface area contributed by atoms with Crippen LogP contribution in [-0.4, -0.2) is 36.8 Å². The Morgan fingerprint density at radius 1 is 1.16 bits per heavy atom. The second-order valence-corrected chi connectivity index (χ2v) is 6.03. The Morgan fingerprint density at radius 3 is 2.36 bits per heavy atom. The average Bonchev–Trinajstić information content (AvgIpc) is 2.85. The summed E-state index contributed by atoms with van der Waals surface area (Å²) in [6.07, 6.45) is 1.44. The Hall–Kier alpha value is -2.67. The molecule has 0 atom stereocenters. The third-order valence-corrected chi connectivity index (χ3v) is 4.22. The minimum Gasteiger partial charge on any atom is -0.492 e. The molecule has 128 valence electrons. The summed E-state index contributed by atoms with van der Waals surface area (Å²) in [6, 6.07) is 10.2. The summed E-state index contributed by atoms with van der Waals surface area (Å²) in [5.74, 6) is 0.242. The lowest BCUT2D eigenvalue weighted by Gasteiger charge is -2.12. The van der Waals surface area contributed by atoms with Gasteiger partial charge in [-0.1, -0.05) is 12.1 Å². The van der Waals surface area contributed by atoms with Gasteiger partial charge < -0.3 is 9.47 Å². The molecule has 0 saturated carbocycles. The number of halogens is 1. The molecule has 2 aromatic carbocycles. The van der Waals surface area contributed by atoms with Crippen LogP contribution in [0, 0.1) is 0 Å². The first-order valence-electron chi connectivity index (χ1n) is 7.59. The van der Waals surface area contributed by atoms with Crippen LogP contribution in [-0.2, 0) is 0 Å². The van der Waals surface area contributed by atoms with Gasteiger partial charge in [0.2, 0.25) is 0 Å². The normalized spacial score (nSPS) is 13.5. The highest BCUT2D eigenvalue weighted by Crippen LogP contribution is 2.36. The molecule has 2 aromatic rings. The highest BCUT2D eigenvalue weighted by atomic mass is 79.9. The summed E-state index contributed by atoms with van der Waals surface area (Å²) in [5, 5.41) is 4.92. The lowest BCUT2D eigenvalue weighted by atomic mass is 10.1. The Morgan fingerprint density at radius 2 is 1.80 bits per heavy atom. The van der Waals surface area contributed by atoms with Crippen LogP contribution in [0.5, 0.6) is 11.5 Å². The van der Waals surface area contributed by atoms with E-state index in [1.807, 2.05) is 6.92 Å². The monoisotopic (exact) mass is 402 g/mol. The first kappa shape index (κ1) is 17.2. The molecule has 0 unspecified atom stereocenters. The van der Waals surface area contributed by atoms with Gasteiger partial charge >= 0.3 is 0 Å². The van der Waals surface area contributed by atoms with Crippen LogP contribution in [0.3, 0.4) is 0 Å². The fourth-order valence-corrected chi connectivity index (χ4v) is 3.15. The van der Waals surface area contributed by atoms with Gasteiger partial charge in [-0.25, -0.2) is 0 Å². The minimum absolute atomic E-state index is 0.357. The zero-order valence-corrected chi connectivity index (χ0v) is 15.2. The van der Waals surface area contributed by atoms with Crippen molar-refractivity contribution in [3.8, 4) is 11.5 Å². The molecule has 0 aromatic heterocycles. The molecule has 0 saturated heterocycles. The molecule has 0 radical (unpaired) electrons. The number of hydrogen-bond acceptors (Lipinski definition) is 5. The summed E-state index contributed by atoms with van der Waals surface area (Å²) in [7, 11) is 1.55. The van der Waals surface area contributed by atoms with E-state index in [9.17, 15) is 9.59 Å². The van der Waals surface area contributed by atoms with Gasteiger partial charge in [0.25, 0.3) is 11.8 Å². The SMILES string of the molecule is CCOc1cc(/C=N\N2C(=O)c3ccccc3C2=O)cc(Br)c1OC. The van der Waals surface area contributed by atoms with Crippen molar-refractivity contribution in [1.82, 2.24) is 5.01 Å². The minimum atomic E-state index is -0.436. The van der Waals surface area contributed by atoms with Crippen LogP contribution >= 0.6 is 15.9 Å². The maximum Gasteiger partial charge on any atom is 0.282 e. The largest absolute Gasteiger partial charge is 0.492 e. The maximum atomic E-state index is 12.3. The van der Waals surface area contributed by atoms with E-state index in [1.165, 1.54) is 6.21 Å². The molecule has 1 aliphatic rings. The number of amides is 2. The molecule has 0 fully saturated rings.